The summed E-state index contributed by atoms with van der Waals surface area (Å²) in [6.07, 6.45) is 20.0. The van der Waals surface area contributed by atoms with Crippen molar-refractivity contribution in [1.82, 2.24) is 4.90 Å². The molecule has 0 saturated heterocycles. The van der Waals surface area contributed by atoms with Crippen LogP contribution in [-0.4, -0.2) is 108 Å². The number of aromatic hydroxyl groups is 1. The van der Waals surface area contributed by atoms with Crippen LogP contribution in [0.25, 0.3) is 0 Å². The van der Waals surface area contributed by atoms with E-state index >= 15 is 0 Å². The molecule has 0 radical (unpaired) electrons. The molecule has 1 aromatic carbocycles. The van der Waals surface area contributed by atoms with Crippen LogP contribution in [0, 0.1) is 17.8 Å². The van der Waals surface area contributed by atoms with Gasteiger partial charge in [-0.05, 0) is 74.6 Å². The van der Waals surface area contributed by atoms with E-state index in [1.54, 1.807) is 29.2 Å². The highest BCUT2D eigenvalue weighted by atomic mass is 16.7. The van der Waals surface area contributed by atoms with Crippen molar-refractivity contribution in [2.24, 2.45) is 22.9 Å². The minimum atomic E-state index is -1.43. The number of benzene rings is 1. The lowest BCUT2D eigenvalue weighted by molar-refractivity contribution is -0.256. The fourth-order valence-electron chi connectivity index (χ4n) is 9.34. The number of ether oxygens (including phenoxy) is 4. The highest BCUT2D eigenvalue weighted by molar-refractivity contribution is 6.02. The number of carbonyl (C=O) groups excluding carboxylic acids is 1. The van der Waals surface area contributed by atoms with Crippen molar-refractivity contribution in [2.75, 3.05) is 59.4 Å². The van der Waals surface area contributed by atoms with E-state index in [2.05, 4.69) is 19.6 Å². The van der Waals surface area contributed by atoms with Gasteiger partial charge >= 0.3 is 6.09 Å². The second-order valence-electron chi connectivity index (χ2n) is 16.0. The second kappa shape index (κ2) is 26.1. The Morgan fingerprint density at radius 2 is 1.62 bits per heavy atom. The van der Waals surface area contributed by atoms with Gasteiger partial charge in [0.2, 0.25) is 5.79 Å². The van der Waals surface area contributed by atoms with Gasteiger partial charge in [-0.15, -0.1) is 6.58 Å². The number of fused-ring (bicyclic) bond motifs is 2. The average molecular weight is 815 g/mol. The van der Waals surface area contributed by atoms with Crippen LogP contribution in [0.15, 0.2) is 47.7 Å². The number of aliphatic hydroxyl groups excluding tert-OH is 3. The molecule has 0 aromatic heterocycles. The zero-order valence-electron chi connectivity index (χ0n) is 35.5. The fraction of sp³-hybridized carbons (Fsp3) is 0.739. The third kappa shape index (κ3) is 12.9. The molecule has 0 bridgehead atoms. The van der Waals surface area contributed by atoms with E-state index in [1.807, 2.05) is 6.92 Å². The van der Waals surface area contributed by atoms with Gasteiger partial charge in [0, 0.05) is 37.7 Å². The summed E-state index contributed by atoms with van der Waals surface area (Å²) in [7, 11) is 0. The first-order valence-corrected chi connectivity index (χ1v) is 22.4. The number of phenols is 1. The molecule has 12 heteroatoms. The van der Waals surface area contributed by atoms with Gasteiger partial charge in [0.1, 0.15) is 24.1 Å². The molecule has 1 saturated carbocycles. The molecule has 328 valence electrons. The summed E-state index contributed by atoms with van der Waals surface area (Å²) in [4.78, 5) is 21.9. The minimum absolute atomic E-state index is 0.0480. The Labute approximate surface area is 347 Å². The Balaban J connectivity index is 1.76. The third-order valence-electron chi connectivity index (χ3n) is 12.0. The lowest BCUT2D eigenvalue weighted by Crippen LogP contribution is -2.70. The minimum Gasteiger partial charge on any atom is -0.508 e. The Morgan fingerprint density at radius 1 is 0.914 bits per heavy atom. The molecular weight excluding hydrogens is 741 g/mol. The molecule has 6 atom stereocenters. The van der Waals surface area contributed by atoms with Crippen LogP contribution in [0.4, 0.5) is 4.79 Å². The van der Waals surface area contributed by atoms with E-state index in [0.717, 1.165) is 56.1 Å². The number of allylic oxidation sites excluding steroid dienone is 1. The van der Waals surface area contributed by atoms with Gasteiger partial charge in [-0.25, -0.2) is 4.79 Å². The number of oxime groups is 1. The van der Waals surface area contributed by atoms with Gasteiger partial charge in [0.25, 0.3) is 0 Å². The number of rotatable bonds is 30. The zero-order valence-corrected chi connectivity index (χ0v) is 35.5. The predicted molar refractivity (Wildman–Crippen MR) is 226 cm³/mol. The first-order valence-electron chi connectivity index (χ1n) is 22.4. The number of carbonyl (C=O) groups is 1. The lowest BCUT2D eigenvalue weighted by Gasteiger charge is -2.59. The maximum absolute atomic E-state index is 14.5. The monoisotopic (exact) mass is 815 g/mol. The van der Waals surface area contributed by atoms with E-state index < -0.39 is 23.8 Å². The topological polar surface area (TPSA) is 160 Å². The largest absolute Gasteiger partial charge is 0.508 e. The van der Waals surface area contributed by atoms with Gasteiger partial charge in [0.05, 0.1) is 44.7 Å². The number of unbranched alkanes of at least 4 members (excludes halogenated alkanes) is 11. The van der Waals surface area contributed by atoms with E-state index in [9.17, 15) is 25.2 Å². The van der Waals surface area contributed by atoms with Crippen molar-refractivity contribution in [1.29, 1.82) is 0 Å². The van der Waals surface area contributed by atoms with E-state index in [1.165, 1.54) is 44.9 Å². The maximum atomic E-state index is 14.5. The van der Waals surface area contributed by atoms with Crippen LogP contribution in [0.2, 0.25) is 0 Å². The number of amides is 1. The first kappa shape index (κ1) is 47.5. The number of nitrogens with zero attached hydrogens (tertiary/aromatic N) is 2. The van der Waals surface area contributed by atoms with Gasteiger partial charge in [-0.2, -0.15) is 0 Å². The number of hydrogen-bond acceptors (Lipinski definition) is 11. The molecular formula is C46H74N2O10. The van der Waals surface area contributed by atoms with Crippen molar-refractivity contribution >= 4 is 11.8 Å². The Morgan fingerprint density at radius 3 is 2.29 bits per heavy atom. The molecule has 1 heterocycles. The SMILES string of the molecule is C=CCO[C@@]12Oc3ccc(O)cc3[C@H]3[C@H](CCCCO)[C@@H](CCCCO)C=C(C(=NOCC)C[C@@H]1N(CCOCCO)C(=O)OCCCCCCCCCCCC)[C@H]32. The molecule has 58 heavy (non-hydrogen) atoms. The van der Waals surface area contributed by atoms with Crippen LogP contribution in [0.3, 0.4) is 0 Å². The Hall–Kier alpha value is -3.16. The van der Waals surface area contributed by atoms with Crippen LogP contribution in [-0.2, 0) is 19.0 Å². The molecule has 1 fully saturated rings. The average Bonchev–Trinajstić information content (AvgIpc) is 3.22. The van der Waals surface area contributed by atoms with Gasteiger partial charge in [-0.1, -0.05) is 94.9 Å². The quantitative estimate of drug-likeness (QED) is 0.0338. The van der Waals surface area contributed by atoms with E-state index in [-0.39, 0.29) is 82.7 Å². The molecule has 4 rings (SSSR count). The van der Waals surface area contributed by atoms with Crippen LogP contribution in [0.1, 0.15) is 134 Å². The van der Waals surface area contributed by atoms with Crippen LogP contribution < -0.4 is 4.74 Å². The summed E-state index contributed by atoms with van der Waals surface area (Å²) < 4.78 is 25.9. The molecule has 1 aliphatic heterocycles. The molecule has 12 nitrogen and oxygen atoms in total. The molecule has 4 N–H and O–H groups in total. The number of phenolic OH excluding ortho intramolecular Hbond substituents is 1. The summed E-state index contributed by atoms with van der Waals surface area (Å²) in [6.45, 7) is 9.34. The predicted octanol–water partition coefficient (Wildman–Crippen LogP) is 8.41. The molecule has 1 aromatic rings. The van der Waals surface area contributed by atoms with Crippen molar-refractivity contribution in [3.8, 4) is 11.5 Å². The second-order valence-corrected chi connectivity index (χ2v) is 16.0. The summed E-state index contributed by atoms with van der Waals surface area (Å²) in [5, 5.41) is 44.7. The van der Waals surface area contributed by atoms with Crippen molar-refractivity contribution < 1.29 is 49.0 Å². The number of hydrogen-bond donors (Lipinski definition) is 4. The zero-order chi connectivity index (χ0) is 41.6. The highest BCUT2D eigenvalue weighted by Crippen LogP contribution is 2.61. The van der Waals surface area contributed by atoms with Crippen LogP contribution >= 0.6 is 0 Å². The Bertz CT molecular complexity index is 1420. The highest BCUT2D eigenvalue weighted by Gasteiger charge is 2.65. The summed E-state index contributed by atoms with van der Waals surface area (Å²) in [6, 6.07) is 4.43. The maximum Gasteiger partial charge on any atom is 0.410 e. The van der Waals surface area contributed by atoms with Gasteiger partial charge < -0.3 is 44.2 Å². The third-order valence-corrected chi connectivity index (χ3v) is 12.0. The van der Waals surface area contributed by atoms with Gasteiger partial charge in [0.15, 0.2) is 0 Å². The van der Waals surface area contributed by atoms with Crippen molar-refractivity contribution in [3.05, 3.63) is 48.1 Å². The standard InChI is InChI=1S/C46H74N2O10/c1-4-7-8-9-10-11-12-13-14-19-29-55-45(53)48(24-30-54-31-27-51)42-34-40(47-57-6-3)38-32-35(20-15-17-25-49)37(21-16-18-26-50)43-39-33-36(52)22-23-41(39)58-46(42,44(38)43)56-28-5-2/h5,22-23,32-33,35,37,42-44,49-52H,2,4,6-21,24-31,34H2,1,3H3/t35-,37+,42-,43+,44+,46+/m0/s1. The van der Waals surface area contributed by atoms with E-state index in [4.69, 9.17) is 28.9 Å². The van der Waals surface area contributed by atoms with Gasteiger partial charge in [-0.3, -0.25) is 4.90 Å². The van der Waals surface area contributed by atoms with Crippen LogP contribution in [0.5, 0.6) is 11.5 Å². The molecule has 2 aliphatic carbocycles. The molecule has 1 amide bonds. The number of aliphatic hydroxyl groups is 3. The smallest absolute Gasteiger partial charge is 0.410 e. The summed E-state index contributed by atoms with van der Waals surface area (Å²) in [5.41, 5.74) is 2.47. The molecule has 3 aliphatic rings. The first-order chi connectivity index (χ1) is 28.4. The molecule has 0 spiro atoms. The summed E-state index contributed by atoms with van der Waals surface area (Å²) in [5.74, 6) is -1.32. The van der Waals surface area contributed by atoms with Crippen molar-refractivity contribution in [2.45, 2.75) is 141 Å². The van der Waals surface area contributed by atoms with Crippen molar-refractivity contribution in [3.63, 3.8) is 0 Å². The normalized spacial score (nSPS) is 24.1. The summed E-state index contributed by atoms with van der Waals surface area (Å²) >= 11 is 0. The lowest BCUT2D eigenvalue weighted by atomic mass is 9.55. The molecule has 0 unspecified atom stereocenters. The fourth-order valence-corrected chi connectivity index (χ4v) is 9.34. The Kier molecular flexibility index (Phi) is 21.4. The van der Waals surface area contributed by atoms with E-state index in [0.29, 0.717) is 30.9 Å².